The van der Waals surface area contributed by atoms with Crippen molar-refractivity contribution in [1.82, 2.24) is 0 Å². The van der Waals surface area contributed by atoms with Gasteiger partial charge < -0.3 is 10.2 Å². The van der Waals surface area contributed by atoms with Crippen molar-refractivity contribution in [2.75, 3.05) is 0 Å². The van der Waals surface area contributed by atoms with E-state index < -0.39 is 17.5 Å². The van der Waals surface area contributed by atoms with Crippen LogP contribution in [0.3, 0.4) is 0 Å². The summed E-state index contributed by atoms with van der Waals surface area (Å²) in [5.41, 5.74) is 0.256. The molecule has 0 atom stereocenters. The first-order valence-electron chi connectivity index (χ1n) is 4.88. The van der Waals surface area contributed by atoms with Crippen molar-refractivity contribution in [2.24, 2.45) is 5.41 Å². The summed E-state index contributed by atoms with van der Waals surface area (Å²) in [6.45, 7) is 3.42. The van der Waals surface area contributed by atoms with Crippen molar-refractivity contribution >= 4 is 5.78 Å². The first-order chi connectivity index (χ1) is 6.93. The summed E-state index contributed by atoms with van der Waals surface area (Å²) in [5, 5.41) is 17.7. The number of benzene rings is 1. The molecule has 3 heteroatoms. The highest BCUT2D eigenvalue weighted by molar-refractivity contribution is 5.86. The van der Waals surface area contributed by atoms with Crippen LogP contribution in [0, 0.1) is 5.41 Å². The van der Waals surface area contributed by atoms with Crippen molar-refractivity contribution in [1.29, 1.82) is 0 Å². The van der Waals surface area contributed by atoms with Gasteiger partial charge in [0.1, 0.15) is 0 Å². The first kappa shape index (κ1) is 11.9. The Kier molecular flexibility index (Phi) is 3.61. The van der Waals surface area contributed by atoms with Crippen molar-refractivity contribution in [3.05, 3.63) is 35.9 Å². The molecule has 0 aliphatic rings. The standard InChI is InChI=1S/C12H16O3/c1-12(2,10(13)11(14)15)8-9-6-4-3-5-7-9/h3-7,11,14-15H,8H2,1-2H3. The maximum atomic E-state index is 11.5. The molecular formula is C12H16O3. The highest BCUT2D eigenvalue weighted by atomic mass is 16.5. The fourth-order valence-electron chi connectivity index (χ4n) is 1.54. The summed E-state index contributed by atoms with van der Waals surface area (Å²) < 4.78 is 0. The Morgan fingerprint density at radius 2 is 1.80 bits per heavy atom. The molecule has 82 valence electrons. The van der Waals surface area contributed by atoms with Crippen molar-refractivity contribution in [3.63, 3.8) is 0 Å². The van der Waals surface area contributed by atoms with Crippen LogP contribution in [0.1, 0.15) is 19.4 Å². The molecule has 0 aliphatic heterocycles. The van der Waals surface area contributed by atoms with E-state index in [1.54, 1.807) is 13.8 Å². The number of aliphatic hydroxyl groups excluding tert-OH is 1. The maximum absolute atomic E-state index is 11.5. The second-order valence-corrected chi connectivity index (χ2v) is 4.28. The third-order valence-electron chi connectivity index (χ3n) is 2.39. The summed E-state index contributed by atoms with van der Waals surface area (Å²) in [6.07, 6.45) is -1.38. The minimum Gasteiger partial charge on any atom is -0.362 e. The molecule has 0 saturated carbocycles. The molecule has 1 aromatic rings. The highest BCUT2D eigenvalue weighted by Crippen LogP contribution is 2.23. The number of hydrogen-bond acceptors (Lipinski definition) is 3. The Hall–Kier alpha value is -1.19. The SMILES string of the molecule is CC(C)(Cc1ccccc1)C(=O)C(O)O. The summed E-state index contributed by atoms with van der Waals surface area (Å²) in [4.78, 5) is 11.5. The minimum atomic E-state index is -1.89. The summed E-state index contributed by atoms with van der Waals surface area (Å²) in [7, 11) is 0. The van der Waals surface area contributed by atoms with E-state index in [9.17, 15) is 4.79 Å². The normalized spacial score (nSPS) is 11.8. The van der Waals surface area contributed by atoms with E-state index in [-0.39, 0.29) is 0 Å². The minimum absolute atomic E-state index is 0.504. The lowest BCUT2D eigenvalue weighted by Gasteiger charge is -2.23. The Balaban J connectivity index is 2.77. The third kappa shape index (κ3) is 3.15. The lowest BCUT2D eigenvalue weighted by atomic mass is 9.81. The Morgan fingerprint density at radius 3 is 2.27 bits per heavy atom. The van der Waals surface area contributed by atoms with Crippen LogP contribution in [0.25, 0.3) is 0 Å². The van der Waals surface area contributed by atoms with Crippen LogP contribution in [0.2, 0.25) is 0 Å². The van der Waals surface area contributed by atoms with Crippen molar-refractivity contribution in [3.8, 4) is 0 Å². The molecule has 0 aromatic heterocycles. The van der Waals surface area contributed by atoms with Crippen LogP contribution in [0.5, 0.6) is 0 Å². The number of aliphatic hydroxyl groups is 2. The predicted octanol–water partition coefficient (Wildman–Crippen LogP) is 1.14. The van der Waals surface area contributed by atoms with Gasteiger partial charge in [-0.25, -0.2) is 0 Å². The molecule has 0 amide bonds. The quantitative estimate of drug-likeness (QED) is 0.729. The lowest BCUT2D eigenvalue weighted by molar-refractivity contribution is -0.154. The predicted molar refractivity (Wildman–Crippen MR) is 57.2 cm³/mol. The largest absolute Gasteiger partial charge is 0.362 e. The molecule has 0 bridgehead atoms. The Morgan fingerprint density at radius 1 is 1.27 bits per heavy atom. The van der Waals surface area contributed by atoms with E-state index in [2.05, 4.69) is 0 Å². The van der Waals surface area contributed by atoms with Gasteiger partial charge in [-0.1, -0.05) is 44.2 Å². The summed E-state index contributed by atoms with van der Waals surface area (Å²) in [6, 6.07) is 9.52. The average molecular weight is 208 g/mol. The molecule has 1 rings (SSSR count). The average Bonchev–Trinajstić information content (AvgIpc) is 2.17. The number of hydrogen-bond donors (Lipinski definition) is 2. The van der Waals surface area contributed by atoms with E-state index >= 15 is 0 Å². The van der Waals surface area contributed by atoms with E-state index in [1.807, 2.05) is 30.3 Å². The van der Waals surface area contributed by atoms with Crippen LogP contribution in [0.15, 0.2) is 30.3 Å². The maximum Gasteiger partial charge on any atom is 0.213 e. The van der Waals surface area contributed by atoms with Gasteiger partial charge in [0.2, 0.25) is 6.29 Å². The molecule has 0 radical (unpaired) electrons. The Labute approximate surface area is 89.4 Å². The summed E-state index contributed by atoms with van der Waals surface area (Å²) in [5.74, 6) is -0.550. The highest BCUT2D eigenvalue weighted by Gasteiger charge is 2.31. The molecule has 15 heavy (non-hydrogen) atoms. The number of carbonyl (C=O) groups is 1. The second kappa shape index (κ2) is 4.55. The number of Topliss-reactive ketones (excluding diaryl/α,β-unsaturated/α-hetero) is 1. The van der Waals surface area contributed by atoms with Gasteiger partial charge in [0.25, 0.3) is 0 Å². The molecule has 0 fully saturated rings. The molecule has 0 unspecified atom stereocenters. The van der Waals surface area contributed by atoms with Crippen LogP contribution in [0.4, 0.5) is 0 Å². The second-order valence-electron chi connectivity index (χ2n) is 4.28. The van der Waals surface area contributed by atoms with Gasteiger partial charge >= 0.3 is 0 Å². The van der Waals surface area contributed by atoms with Crippen molar-refractivity contribution < 1.29 is 15.0 Å². The van der Waals surface area contributed by atoms with E-state index in [4.69, 9.17) is 10.2 Å². The first-order valence-corrected chi connectivity index (χ1v) is 4.88. The van der Waals surface area contributed by atoms with Crippen molar-refractivity contribution in [2.45, 2.75) is 26.6 Å². The fourth-order valence-corrected chi connectivity index (χ4v) is 1.54. The van der Waals surface area contributed by atoms with E-state index in [0.29, 0.717) is 6.42 Å². The molecular weight excluding hydrogens is 192 g/mol. The molecule has 2 N–H and O–H groups in total. The number of ketones is 1. The zero-order chi connectivity index (χ0) is 11.5. The molecule has 0 heterocycles. The van der Waals surface area contributed by atoms with Crippen LogP contribution in [-0.4, -0.2) is 22.3 Å². The third-order valence-corrected chi connectivity index (χ3v) is 2.39. The number of rotatable bonds is 4. The molecule has 1 aromatic carbocycles. The van der Waals surface area contributed by atoms with Crippen LogP contribution < -0.4 is 0 Å². The van der Waals surface area contributed by atoms with Gasteiger partial charge in [0.15, 0.2) is 5.78 Å². The zero-order valence-electron chi connectivity index (χ0n) is 8.97. The Bertz CT molecular complexity index is 328. The van der Waals surface area contributed by atoms with Gasteiger partial charge in [-0.3, -0.25) is 4.79 Å². The van der Waals surface area contributed by atoms with Gasteiger partial charge in [-0.15, -0.1) is 0 Å². The molecule has 0 spiro atoms. The van der Waals surface area contributed by atoms with Crippen LogP contribution >= 0.6 is 0 Å². The fraction of sp³-hybridized carbons (Fsp3) is 0.417. The van der Waals surface area contributed by atoms with Gasteiger partial charge in [-0.05, 0) is 12.0 Å². The molecule has 0 aliphatic carbocycles. The molecule has 3 nitrogen and oxygen atoms in total. The van der Waals surface area contributed by atoms with Gasteiger partial charge in [0, 0.05) is 5.41 Å². The molecule has 0 saturated heterocycles. The number of carbonyl (C=O) groups excluding carboxylic acids is 1. The lowest BCUT2D eigenvalue weighted by Crippen LogP contribution is -2.36. The van der Waals surface area contributed by atoms with E-state index in [1.165, 1.54) is 0 Å². The summed E-state index contributed by atoms with van der Waals surface area (Å²) >= 11 is 0. The smallest absolute Gasteiger partial charge is 0.213 e. The van der Waals surface area contributed by atoms with Gasteiger partial charge in [0.05, 0.1) is 0 Å². The van der Waals surface area contributed by atoms with E-state index in [0.717, 1.165) is 5.56 Å². The monoisotopic (exact) mass is 208 g/mol. The van der Waals surface area contributed by atoms with Crippen LogP contribution in [-0.2, 0) is 11.2 Å². The zero-order valence-corrected chi connectivity index (χ0v) is 8.97. The topological polar surface area (TPSA) is 57.5 Å². The van der Waals surface area contributed by atoms with Gasteiger partial charge in [-0.2, -0.15) is 0 Å².